The van der Waals surface area contributed by atoms with Gasteiger partial charge in [-0.15, -0.1) is 0 Å². The zero-order valence-electron chi connectivity index (χ0n) is 14.7. The van der Waals surface area contributed by atoms with Crippen molar-refractivity contribution in [3.05, 3.63) is 0 Å². The molecule has 0 aromatic heterocycles. The number of rotatable bonds is 4. The van der Waals surface area contributed by atoms with Gasteiger partial charge in [0.05, 0.1) is 24.7 Å². The van der Waals surface area contributed by atoms with Crippen molar-refractivity contribution in [3.63, 3.8) is 0 Å². The van der Waals surface area contributed by atoms with Crippen LogP contribution in [0.5, 0.6) is 0 Å². The molecule has 0 amide bonds. The molecule has 0 radical (unpaired) electrons. The average molecular weight is 359 g/mol. The molecule has 0 aromatic carbocycles. The highest BCUT2D eigenvalue weighted by molar-refractivity contribution is 7.91. The van der Waals surface area contributed by atoms with E-state index >= 15 is 0 Å². The molecule has 1 spiro atoms. The summed E-state index contributed by atoms with van der Waals surface area (Å²) < 4.78 is 28.6. The van der Waals surface area contributed by atoms with E-state index in [0.717, 1.165) is 51.8 Å². The second-order valence-corrected chi connectivity index (χ2v) is 9.51. The first-order valence-electron chi connectivity index (χ1n) is 9.06. The highest BCUT2D eigenvalue weighted by atomic mass is 32.2. The number of guanidine groups is 1. The van der Waals surface area contributed by atoms with Crippen LogP contribution in [0.15, 0.2) is 4.99 Å². The lowest BCUT2D eigenvalue weighted by Gasteiger charge is -2.27. The van der Waals surface area contributed by atoms with Crippen molar-refractivity contribution in [2.24, 2.45) is 10.4 Å². The van der Waals surface area contributed by atoms with Crippen LogP contribution in [0, 0.1) is 5.41 Å². The number of hydrogen-bond donors (Lipinski definition) is 1. The van der Waals surface area contributed by atoms with E-state index in [2.05, 4.69) is 22.0 Å². The Morgan fingerprint density at radius 3 is 2.71 bits per heavy atom. The van der Waals surface area contributed by atoms with Gasteiger partial charge in [-0.3, -0.25) is 9.89 Å². The lowest BCUT2D eigenvalue weighted by Crippen LogP contribution is -2.43. The second kappa shape index (κ2) is 7.58. The van der Waals surface area contributed by atoms with Crippen LogP contribution in [0.2, 0.25) is 0 Å². The van der Waals surface area contributed by atoms with E-state index in [-0.39, 0.29) is 11.5 Å². The number of nitrogens with one attached hydrogen (secondary N) is 1. The molecule has 3 aliphatic heterocycles. The summed E-state index contributed by atoms with van der Waals surface area (Å²) in [5, 5.41) is 3.40. The molecule has 3 aliphatic rings. The van der Waals surface area contributed by atoms with Crippen molar-refractivity contribution < 1.29 is 13.2 Å². The molecule has 3 rings (SSSR count). The van der Waals surface area contributed by atoms with Crippen molar-refractivity contribution in [2.45, 2.75) is 19.8 Å². The van der Waals surface area contributed by atoms with Crippen LogP contribution >= 0.6 is 0 Å². The first kappa shape index (κ1) is 17.9. The third kappa shape index (κ3) is 4.40. The predicted molar refractivity (Wildman–Crippen MR) is 95.1 cm³/mol. The molecular weight excluding hydrogens is 328 g/mol. The summed E-state index contributed by atoms with van der Waals surface area (Å²) in [5.74, 6) is 1.56. The highest BCUT2D eigenvalue weighted by Gasteiger charge is 2.42. The Hall–Kier alpha value is -0.860. The van der Waals surface area contributed by atoms with Gasteiger partial charge in [0.1, 0.15) is 0 Å². The van der Waals surface area contributed by atoms with Crippen LogP contribution in [0.25, 0.3) is 0 Å². The Morgan fingerprint density at radius 2 is 2.04 bits per heavy atom. The molecule has 1 N–H and O–H groups in total. The SMILES string of the molecule is CCNC(=NCCN1CCS(=O)(=O)CC1)N1CCC2(CCOC2)C1. The van der Waals surface area contributed by atoms with Crippen LogP contribution in [-0.2, 0) is 14.6 Å². The minimum Gasteiger partial charge on any atom is -0.381 e. The smallest absolute Gasteiger partial charge is 0.193 e. The van der Waals surface area contributed by atoms with Crippen molar-refractivity contribution in [1.29, 1.82) is 0 Å². The number of nitrogens with zero attached hydrogens (tertiary/aromatic N) is 3. The van der Waals surface area contributed by atoms with Crippen LogP contribution in [0.3, 0.4) is 0 Å². The molecule has 3 saturated heterocycles. The van der Waals surface area contributed by atoms with Gasteiger partial charge in [0.25, 0.3) is 0 Å². The molecule has 0 bridgehead atoms. The monoisotopic (exact) mass is 358 g/mol. The molecule has 24 heavy (non-hydrogen) atoms. The quantitative estimate of drug-likeness (QED) is 0.554. The largest absolute Gasteiger partial charge is 0.381 e. The fraction of sp³-hybridized carbons (Fsp3) is 0.938. The average Bonchev–Trinajstić information content (AvgIpc) is 3.19. The van der Waals surface area contributed by atoms with Gasteiger partial charge in [-0.25, -0.2) is 8.42 Å². The molecule has 7 nitrogen and oxygen atoms in total. The van der Waals surface area contributed by atoms with E-state index in [1.54, 1.807) is 0 Å². The Labute approximate surface area is 145 Å². The highest BCUT2D eigenvalue weighted by Crippen LogP contribution is 2.38. The van der Waals surface area contributed by atoms with Crippen LogP contribution in [0.1, 0.15) is 19.8 Å². The zero-order valence-corrected chi connectivity index (χ0v) is 15.5. The molecule has 0 aromatic rings. The predicted octanol–water partition coefficient (Wildman–Crippen LogP) is -0.205. The summed E-state index contributed by atoms with van der Waals surface area (Å²) in [6.45, 7) is 9.60. The summed E-state index contributed by atoms with van der Waals surface area (Å²) in [6.07, 6.45) is 2.34. The van der Waals surface area contributed by atoms with Crippen molar-refractivity contribution in [3.8, 4) is 0 Å². The molecule has 3 fully saturated rings. The van der Waals surface area contributed by atoms with Gasteiger partial charge in [0, 0.05) is 51.3 Å². The molecule has 3 heterocycles. The fourth-order valence-electron chi connectivity index (χ4n) is 3.78. The first-order chi connectivity index (χ1) is 11.5. The van der Waals surface area contributed by atoms with Crippen molar-refractivity contribution in [2.75, 3.05) is 70.5 Å². The topological polar surface area (TPSA) is 74.2 Å². The molecule has 138 valence electrons. The molecule has 0 saturated carbocycles. The third-order valence-corrected chi connectivity index (χ3v) is 6.98. The zero-order chi connectivity index (χ0) is 17.0. The van der Waals surface area contributed by atoms with E-state index in [9.17, 15) is 8.42 Å². The number of hydrogen-bond acceptors (Lipinski definition) is 5. The third-order valence-electron chi connectivity index (χ3n) is 5.37. The lowest BCUT2D eigenvalue weighted by atomic mass is 9.87. The molecule has 1 unspecified atom stereocenters. The van der Waals surface area contributed by atoms with Crippen LogP contribution < -0.4 is 5.32 Å². The Morgan fingerprint density at radius 1 is 1.25 bits per heavy atom. The van der Waals surface area contributed by atoms with Gasteiger partial charge in [0.15, 0.2) is 15.8 Å². The maximum absolute atomic E-state index is 11.5. The minimum absolute atomic E-state index is 0.283. The molecule has 0 aliphatic carbocycles. The van der Waals surface area contributed by atoms with Crippen LogP contribution in [-0.4, -0.2) is 94.7 Å². The van der Waals surface area contributed by atoms with E-state index in [1.807, 2.05) is 0 Å². The van der Waals surface area contributed by atoms with Gasteiger partial charge in [0.2, 0.25) is 0 Å². The standard InChI is InChI=1S/C16H30N4O3S/c1-2-17-15(20-6-3-16(13-20)4-10-23-14-16)18-5-7-19-8-11-24(21,22)12-9-19/h2-14H2,1H3,(H,17,18). The van der Waals surface area contributed by atoms with Crippen LogP contribution in [0.4, 0.5) is 0 Å². The molecule has 8 heteroatoms. The van der Waals surface area contributed by atoms with Gasteiger partial charge in [-0.05, 0) is 19.8 Å². The van der Waals surface area contributed by atoms with Gasteiger partial charge in [-0.2, -0.15) is 0 Å². The number of likely N-dealkylation sites (tertiary alicyclic amines) is 1. The summed E-state index contributed by atoms with van der Waals surface area (Å²) in [4.78, 5) is 9.34. The van der Waals surface area contributed by atoms with E-state index in [0.29, 0.717) is 25.0 Å². The van der Waals surface area contributed by atoms with Crippen molar-refractivity contribution in [1.82, 2.24) is 15.1 Å². The fourth-order valence-corrected chi connectivity index (χ4v) is 5.06. The number of ether oxygens (including phenoxy) is 1. The Balaban J connectivity index is 1.51. The Kier molecular flexibility index (Phi) is 5.66. The number of aliphatic imine (C=N–C) groups is 1. The first-order valence-corrected chi connectivity index (χ1v) is 10.9. The second-order valence-electron chi connectivity index (χ2n) is 7.20. The van der Waals surface area contributed by atoms with Gasteiger partial charge >= 0.3 is 0 Å². The summed E-state index contributed by atoms with van der Waals surface area (Å²) in [6, 6.07) is 0. The van der Waals surface area contributed by atoms with Gasteiger partial charge in [-0.1, -0.05) is 0 Å². The maximum Gasteiger partial charge on any atom is 0.193 e. The summed E-state index contributed by atoms with van der Waals surface area (Å²) in [7, 11) is -2.80. The van der Waals surface area contributed by atoms with E-state index in [4.69, 9.17) is 9.73 Å². The maximum atomic E-state index is 11.5. The normalized spacial score (nSPS) is 31.0. The van der Waals surface area contributed by atoms with E-state index < -0.39 is 9.84 Å². The van der Waals surface area contributed by atoms with E-state index in [1.165, 1.54) is 6.42 Å². The Bertz CT molecular complexity index is 544. The molecular formula is C16H30N4O3S. The number of sulfone groups is 1. The summed E-state index contributed by atoms with van der Waals surface area (Å²) in [5.41, 5.74) is 0.331. The van der Waals surface area contributed by atoms with Gasteiger partial charge < -0.3 is 15.0 Å². The lowest BCUT2D eigenvalue weighted by molar-refractivity contribution is 0.156. The summed E-state index contributed by atoms with van der Waals surface area (Å²) >= 11 is 0. The van der Waals surface area contributed by atoms with Crippen molar-refractivity contribution >= 4 is 15.8 Å². The minimum atomic E-state index is -2.80. The molecule has 1 atom stereocenters.